The second-order valence-electron chi connectivity index (χ2n) is 6.85. The van der Waals surface area contributed by atoms with Gasteiger partial charge in [0.15, 0.2) is 0 Å². The van der Waals surface area contributed by atoms with Crippen LogP contribution in [0.2, 0.25) is 0 Å². The predicted octanol–water partition coefficient (Wildman–Crippen LogP) is 3.89. The number of nitrogens with one attached hydrogen (secondary N) is 1. The fourth-order valence-electron chi connectivity index (χ4n) is 3.02. The smallest absolute Gasteiger partial charge is 0.271 e. The molecule has 2 N–H and O–H groups in total. The second-order valence-corrected chi connectivity index (χ2v) is 6.85. The summed E-state index contributed by atoms with van der Waals surface area (Å²) in [6.45, 7) is 0. The van der Waals surface area contributed by atoms with Crippen LogP contribution in [0.15, 0.2) is 76.2 Å². The Hall–Kier alpha value is -4.66. The SMILES string of the molecule is COc1ccc(-c2nnc(-c3ccc(C(=O)N/N=C/c4cccc(O)c4)cc3)o2)c(OC)c1. The molecule has 0 bridgehead atoms. The number of carbonyl (C=O) groups excluding carboxylic acids is 1. The van der Waals surface area contributed by atoms with E-state index in [2.05, 4.69) is 20.7 Å². The molecule has 166 valence electrons. The molecule has 0 fully saturated rings. The molecule has 4 rings (SSSR count). The number of hydrogen-bond donors (Lipinski definition) is 2. The van der Waals surface area contributed by atoms with Crippen molar-refractivity contribution in [1.29, 1.82) is 0 Å². The van der Waals surface area contributed by atoms with E-state index in [4.69, 9.17) is 13.9 Å². The molecular formula is C24H20N4O5. The molecule has 33 heavy (non-hydrogen) atoms. The van der Waals surface area contributed by atoms with Crippen molar-refractivity contribution in [3.8, 4) is 40.2 Å². The number of phenolic OH excluding ortho intramolecular Hbond substituents is 1. The molecule has 0 aliphatic heterocycles. The van der Waals surface area contributed by atoms with E-state index in [1.807, 2.05) is 0 Å². The highest BCUT2D eigenvalue weighted by Gasteiger charge is 2.16. The van der Waals surface area contributed by atoms with Crippen LogP contribution in [0.1, 0.15) is 15.9 Å². The average Bonchev–Trinajstić information content (AvgIpc) is 3.34. The predicted molar refractivity (Wildman–Crippen MR) is 121 cm³/mol. The number of amides is 1. The first kappa shape index (κ1) is 21.6. The molecule has 9 nitrogen and oxygen atoms in total. The van der Waals surface area contributed by atoms with Crippen LogP contribution < -0.4 is 14.9 Å². The molecule has 0 unspecified atom stereocenters. The number of methoxy groups -OCH3 is 2. The minimum Gasteiger partial charge on any atom is -0.508 e. The van der Waals surface area contributed by atoms with Crippen molar-refractivity contribution in [2.75, 3.05) is 14.2 Å². The summed E-state index contributed by atoms with van der Waals surface area (Å²) in [7, 11) is 3.12. The topological polar surface area (TPSA) is 119 Å². The van der Waals surface area contributed by atoms with Crippen LogP contribution in [0.5, 0.6) is 17.2 Å². The summed E-state index contributed by atoms with van der Waals surface area (Å²) >= 11 is 0. The van der Waals surface area contributed by atoms with Gasteiger partial charge in [0.05, 0.1) is 26.0 Å². The molecule has 0 aliphatic rings. The van der Waals surface area contributed by atoms with Crippen molar-refractivity contribution in [1.82, 2.24) is 15.6 Å². The van der Waals surface area contributed by atoms with Crippen LogP contribution in [0.25, 0.3) is 22.9 Å². The third-order valence-electron chi connectivity index (χ3n) is 4.71. The highest BCUT2D eigenvalue weighted by molar-refractivity contribution is 5.95. The van der Waals surface area contributed by atoms with Gasteiger partial charge in [0.1, 0.15) is 17.2 Å². The Labute approximate surface area is 189 Å². The van der Waals surface area contributed by atoms with Crippen LogP contribution in [0.4, 0.5) is 0 Å². The lowest BCUT2D eigenvalue weighted by Crippen LogP contribution is -2.17. The van der Waals surface area contributed by atoms with E-state index in [0.29, 0.717) is 45.5 Å². The maximum absolute atomic E-state index is 12.3. The molecule has 0 aliphatic carbocycles. The molecule has 0 spiro atoms. The number of phenols is 1. The van der Waals surface area contributed by atoms with Crippen molar-refractivity contribution in [2.24, 2.45) is 5.10 Å². The molecular weight excluding hydrogens is 424 g/mol. The highest BCUT2D eigenvalue weighted by Crippen LogP contribution is 2.33. The van der Waals surface area contributed by atoms with E-state index < -0.39 is 0 Å². The summed E-state index contributed by atoms with van der Waals surface area (Å²) in [6, 6.07) is 18.5. The van der Waals surface area contributed by atoms with Crippen molar-refractivity contribution in [3.05, 3.63) is 77.9 Å². The van der Waals surface area contributed by atoms with Gasteiger partial charge in [-0.2, -0.15) is 5.10 Å². The average molecular weight is 444 g/mol. The van der Waals surface area contributed by atoms with E-state index in [0.717, 1.165) is 0 Å². The second kappa shape index (κ2) is 9.65. The minimum atomic E-state index is -0.382. The molecule has 0 atom stereocenters. The van der Waals surface area contributed by atoms with Gasteiger partial charge in [0.25, 0.3) is 11.8 Å². The first-order valence-electron chi connectivity index (χ1n) is 9.86. The number of rotatable bonds is 7. The van der Waals surface area contributed by atoms with E-state index in [9.17, 15) is 9.90 Å². The van der Waals surface area contributed by atoms with E-state index >= 15 is 0 Å². The van der Waals surface area contributed by atoms with Crippen molar-refractivity contribution < 1.29 is 23.8 Å². The summed E-state index contributed by atoms with van der Waals surface area (Å²) < 4.78 is 16.4. The minimum absolute atomic E-state index is 0.121. The maximum atomic E-state index is 12.3. The number of benzene rings is 3. The van der Waals surface area contributed by atoms with Gasteiger partial charge in [0, 0.05) is 17.2 Å². The zero-order chi connectivity index (χ0) is 23.2. The summed E-state index contributed by atoms with van der Waals surface area (Å²) in [5, 5.41) is 21.6. The number of hydrogen-bond acceptors (Lipinski definition) is 8. The third-order valence-corrected chi connectivity index (χ3v) is 4.71. The molecule has 0 saturated carbocycles. The molecule has 4 aromatic rings. The maximum Gasteiger partial charge on any atom is 0.271 e. The van der Waals surface area contributed by atoms with Gasteiger partial charge >= 0.3 is 0 Å². The molecule has 1 amide bonds. The fourth-order valence-corrected chi connectivity index (χ4v) is 3.02. The number of carbonyl (C=O) groups is 1. The molecule has 3 aromatic carbocycles. The Morgan fingerprint density at radius 2 is 1.79 bits per heavy atom. The molecule has 1 aromatic heterocycles. The van der Waals surface area contributed by atoms with Gasteiger partial charge < -0.3 is 19.0 Å². The van der Waals surface area contributed by atoms with Gasteiger partial charge in [-0.05, 0) is 54.1 Å². The van der Waals surface area contributed by atoms with Gasteiger partial charge in [-0.1, -0.05) is 12.1 Å². The van der Waals surface area contributed by atoms with Crippen LogP contribution in [0, 0.1) is 0 Å². The number of hydrazone groups is 1. The summed E-state index contributed by atoms with van der Waals surface area (Å²) in [4.78, 5) is 12.3. The van der Waals surface area contributed by atoms with Crippen molar-refractivity contribution in [3.63, 3.8) is 0 Å². The van der Waals surface area contributed by atoms with Crippen LogP contribution >= 0.6 is 0 Å². The summed E-state index contributed by atoms with van der Waals surface area (Å²) in [5.41, 5.74) is 4.80. The Kier molecular flexibility index (Phi) is 6.31. The monoisotopic (exact) mass is 444 g/mol. The standard InChI is InChI=1S/C24H20N4O5/c1-31-19-10-11-20(21(13-19)32-2)24-28-27-23(33-24)17-8-6-16(7-9-17)22(30)26-25-14-15-4-3-5-18(29)12-15/h3-14,29H,1-2H3,(H,26,30)/b25-14+. The van der Waals surface area contributed by atoms with Crippen LogP contribution in [-0.2, 0) is 0 Å². The number of aromatic nitrogens is 2. The van der Waals surface area contributed by atoms with E-state index in [1.165, 1.54) is 12.3 Å². The Morgan fingerprint density at radius 1 is 1.00 bits per heavy atom. The highest BCUT2D eigenvalue weighted by atomic mass is 16.5. The number of ether oxygens (including phenoxy) is 2. The Bertz CT molecular complexity index is 1300. The van der Waals surface area contributed by atoms with E-state index in [1.54, 1.807) is 74.9 Å². The fraction of sp³-hybridized carbons (Fsp3) is 0.0833. The molecule has 0 saturated heterocycles. The Balaban J connectivity index is 1.45. The van der Waals surface area contributed by atoms with Crippen LogP contribution in [-0.4, -0.2) is 41.6 Å². The zero-order valence-corrected chi connectivity index (χ0v) is 17.9. The normalized spacial score (nSPS) is 10.8. The summed E-state index contributed by atoms with van der Waals surface area (Å²) in [6.07, 6.45) is 1.44. The lowest BCUT2D eigenvalue weighted by molar-refractivity contribution is 0.0955. The van der Waals surface area contributed by atoms with Gasteiger partial charge in [-0.3, -0.25) is 4.79 Å². The van der Waals surface area contributed by atoms with Gasteiger partial charge in [-0.25, -0.2) is 5.43 Å². The third kappa shape index (κ3) is 4.99. The molecule has 0 radical (unpaired) electrons. The van der Waals surface area contributed by atoms with Crippen molar-refractivity contribution >= 4 is 12.1 Å². The number of nitrogens with zero attached hydrogens (tertiary/aromatic N) is 3. The first-order valence-corrected chi connectivity index (χ1v) is 9.86. The lowest BCUT2D eigenvalue weighted by Gasteiger charge is -2.07. The molecule has 1 heterocycles. The summed E-state index contributed by atoms with van der Waals surface area (Å²) in [5.74, 6) is 1.53. The Morgan fingerprint density at radius 3 is 2.52 bits per heavy atom. The molecule has 9 heteroatoms. The van der Waals surface area contributed by atoms with Gasteiger partial charge in [-0.15, -0.1) is 10.2 Å². The zero-order valence-electron chi connectivity index (χ0n) is 17.9. The van der Waals surface area contributed by atoms with Gasteiger partial charge in [0.2, 0.25) is 5.89 Å². The number of aromatic hydroxyl groups is 1. The largest absolute Gasteiger partial charge is 0.508 e. The lowest BCUT2D eigenvalue weighted by atomic mass is 10.1. The van der Waals surface area contributed by atoms with Crippen LogP contribution in [0.3, 0.4) is 0 Å². The van der Waals surface area contributed by atoms with E-state index in [-0.39, 0.29) is 11.7 Å². The first-order chi connectivity index (χ1) is 16.1. The quantitative estimate of drug-likeness (QED) is 0.328. The van der Waals surface area contributed by atoms with Crippen molar-refractivity contribution in [2.45, 2.75) is 0 Å².